The standard InChI is InChI=1S/C20H25N5O4/c1-2-6-28-8-14-16(26)17(27)20(29-14)25-10-23-15-18(21-9-22-19(15)25)24-13-7-11-4-3-5-12(11)13/h1,9-14,16-17,20,26-27H,3-8H2,(H,21,22,24)/t11?,12?,13?,14-,16-,17-,20-/m1/s1. The molecule has 9 heteroatoms. The van der Waals surface area contributed by atoms with Crippen LogP contribution in [0.4, 0.5) is 5.82 Å². The highest BCUT2D eigenvalue weighted by atomic mass is 16.6. The number of imidazole rings is 1. The monoisotopic (exact) mass is 399 g/mol. The molecule has 3 unspecified atom stereocenters. The van der Waals surface area contributed by atoms with Crippen LogP contribution in [0.3, 0.4) is 0 Å². The van der Waals surface area contributed by atoms with E-state index in [1.165, 1.54) is 32.0 Å². The lowest BCUT2D eigenvalue weighted by Gasteiger charge is -2.41. The second-order valence-electron chi connectivity index (χ2n) is 8.15. The van der Waals surface area contributed by atoms with Crippen molar-refractivity contribution in [3.8, 4) is 12.3 Å². The fourth-order valence-electron chi connectivity index (χ4n) is 5.01. The molecule has 2 saturated carbocycles. The summed E-state index contributed by atoms with van der Waals surface area (Å²) in [6, 6.07) is 0.429. The molecule has 0 aromatic carbocycles. The number of fused-ring (bicyclic) bond motifs is 2. The lowest BCUT2D eigenvalue weighted by molar-refractivity contribution is -0.0615. The Kier molecular flexibility index (Phi) is 4.87. The number of anilines is 1. The number of aromatic nitrogens is 4. The Balaban J connectivity index is 1.35. The molecule has 5 rings (SSSR count). The lowest BCUT2D eigenvalue weighted by Crippen LogP contribution is -2.43. The minimum Gasteiger partial charge on any atom is -0.387 e. The third kappa shape index (κ3) is 3.16. The van der Waals surface area contributed by atoms with Crippen LogP contribution in [0, 0.1) is 24.2 Å². The molecule has 0 radical (unpaired) electrons. The Labute approximate surface area is 168 Å². The molecular formula is C20H25N5O4. The van der Waals surface area contributed by atoms with Gasteiger partial charge in [-0.3, -0.25) is 4.57 Å². The fraction of sp³-hybridized carbons (Fsp3) is 0.650. The van der Waals surface area contributed by atoms with Crippen LogP contribution in [0.2, 0.25) is 0 Å². The van der Waals surface area contributed by atoms with Gasteiger partial charge in [-0.25, -0.2) is 15.0 Å². The number of aliphatic hydroxyl groups is 2. The summed E-state index contributed by atoms with van der Waals surface area (Å²) in [6.07, 6.45) is 9.58. The fourth-order valence-corrected chi connectivity index (χ4v) is 5.01. The number of rotatable bonds is 6. The SMILES string of the molecule is C#CCOC[C@H]1O[C@@H](n2cnc3c(NC4CC5CCCC54)ncnc32)[C@H](O)[C@@H]1O. The van der Waals surface area contributed by atoms with Crippen molar-refractivity contribution in [2.75, 3.05) is 18.5 Å². The van der Waals surface area contributed by atoms with Crippen molar-refractivity contribution >= 4 is 17.0 Å². The highest BCUT2D eigenvalue weighted by molar-refractivity contribution is 5.83. The zero-order valence-corrected chi connectivity index (χ0v) is 16.0. The average molecular weight is 399 g/mol. The topological polar surface area (TPSA) is 115 Å². The van der Waals surface area contributed by atoms with E-state index in [2.05, 4.69) is 26.2 Å². The van der Waals surface area contributed by atoms with Gasteiger partial charge < -0.3 is 25.0 Å². The van der Waals surface area contributed by atoms with E-state index in [4.69, 9.17) is 15.9 Å². The van der Waals surface area contributed by atoms with Gasteiger partial charge in [0.25, 0.3) is 0 Å². The van der Waals surface area contributed by atoms with E-state index < -0.39 is 24.5 Å². The minimum atomic E-state index is -1.14. The average Bonchev–Trinajstić information content (AvgIpc) is 3.38. The first-order valence-electron chi connectivity index (χ1n) is 10.1. The molecule has 9 nitrogen and oxygen atoms in total. The Bertz CT molecular complexity index is 927. The third-order valence-corrected chi connectivity index (χ3v) is 6.55. The van der Waals surface area contributed by atoms with E-state index in [0.717, 1.165) is 11.8 Å². The molecule has 1 saturated heterocycles. The molecule has 3 heterocycles. The van der Waals surface area contributed by atoms with E-state index in [-0.39, 0.29) is 13.2 Å². The molecule has 0 spiro atoms. The molecule has 2 aromatic heterocycles. The Morgan fingerprint density at radius 2 is 2.17 bits per heavy atom. The van der Waals surface area contributed by atoms with Crippen LogP contribution in [-0.2, 0) is 9.47 Å². The van der Waals surface area contributed by atoms with E-state index in [1.807, 2.05) is 0 Å². The molecule has 0 amide bonds. The van der Waals surface area contributed by atoms with Crippen molar-refractivity contribution in [2.24, 2.45) is 11.8 Å². The van der Waals surface area contributed by atoms with Gasteiger partial charge in [-0.2, -0.15) is 0 Å². The molecule has 154 valence electrons. The number of hydrogen-bond acceptors (Lipinski definition) is 8. The smallest absolute Gasteiger partial charge is 0.167 e. The van der Waals surface area contributed by atoms with Crippen molar-refractivity contribution in [2.45, 2.75) is 56.3 Å². The van der Waals surface area contributed by atoms with Crippen molar-refractivity contribution in [1.82, 2.24) is 19.5 Å². The van der Waals surface area contributed by atoms with Crippen LogP contribution in [0.1, 0.15) is 31.9 Å². The van der Waals surface area contributed by atoms with Crippen LogP contribution >= 0.6 is 0 Å². The van der Waals surface area contributed by atoms with Crippen molar-refractivity contribution in [3.63, 3.8) is 0 Å². The first-order valence-corrected chi connectivity index (χ1v) is 10.1. The van der Waals surface area contributed by atoms with Gasteiger partial charge in [-0.05, 0) is 24.7 Å². The molecule has 3 aliphatic rings. The summed E-state index contributed by atoms with van der Waals surface area (Å²) in [5.74, 6) is 4.63. The molecule has 29 heavy (non-hydrogen) atoms. The minimum absolute atomic E-state index is 0.0948. The first-order chi connectivity index (χ1) is 14.2. The number of nitrogens with one attached hydrogen (secondary N) is 1. The maximum absolute atomic E-state index is 10.5. The predicted molar refractivity (Wildman–Crippen MR) is 104 cm³/mol. The van der Waals surface area contributed by atoms with Gasteiger partial charge in [0.2, 0.25) is 0 Å². The quantitative estimate of drug-likeness (QED) is 0.480. The Morgan fingerprint density at radius 3 is 3.00 bits per heavy atom. The van der Waals surface area contributed by atoms with Crippen LogP contribution in [0.25, 0.3) is 11.2 Å². The summed E-state index contributed by atoms with van der Waals surface area (Å²) < 4.78 is 12.7. The van der Waals surface area contributed by atoms with Gasteiger partial charge in [-0.1, -0.05) is 18.8 Å². The zero-order chi connectivity index (χ0) is 20.0. The van der Waals surface area contributed by atoms with Crippen molar-refractivity contribution in [3.05, 3.63) is 12.7 Å². The Hall–Kier alpha value is -2.25. The predicted octanol–water partition coefficient (Wildman–Crippen LogP) is 0.696. The summed E-state index contributed by atoms with van der Waals surface area (Å²) >= 11 is 0. The van der Waals surface area contributed by atoms with Crippen molar-refractivity contribution in [1.29, 1.82) is 0 Å². The van der Waals surface area contributed by atoms with Gasteiger partial charge in [0, 0.05) is 6.04 Å². The lowest BCUT2D eigenvalue weighted by atomic mass is 9.71. The summed E-state index contributed by atoms with van der Waals surface area (Å²) in [7, 11) is 0. The van der Waals surface area contributed by atoms with E-state index in [9.17, 15) is 10.2 Å². The number of ether oxygens (including phenoxy) is 2. The molecule has 1 aliphatic heterocycles. The second kappa shape index (κ2) is 7.54. The van der Waals surface area contributed by atoms with Gasteiger partial charge in [0.15, 0.2) is 23.2 Å². The highest BCUT2D eigenvalue weighted by Gasteiger charge is 2.45. The molecular weight excluding hydrogens is 374 g/mol. The van der Waals surface area contributed by atoms with Gasteiger partial charge in [0.05, 0.1) is 12.9 Å². The first kappa shape index (κ1) is 18.8. The van der Waals surface area contributed by atoms with E-state index >= 15 is 0 Å². The Morgan fingerprint density at radius 1 is 1.28 bits per heavy atom. The summed E-state index contributed by atoms with van der Waals surface area (Å²) in [4.78, 5) is 13.2. The molecule has 0 bridgehead atoms. The highest BCUT2D eigenvalue weighted by Crippen LogP contribution is 2.48. The normalized spacial score (nSPS) is 36.0. The molecule has 2 aliphatic carbocycles. The summed E-state index contributed by atoms with van der Waals surface area (Å²) in [6.45, 7) is 0.213. The van der Waals surface area contributed by atoms with Crippen LogP contribution in [0.5, 0.6) is 0 Å². The number of terminal acetylenes is 1. The summed E-state index contributed by atoms with van der Waals surface area (Å²) in [5, 5.41) is 24.4. The van der Waals surface area contributed by atoms with Gasteiger partial charge >= 0.3 is 0 Å². The number of nitrogens with zero attached hydrogens (tertiary/aromatic N) is 4. The largest absolute Gasteiger partial charge is 0.387 e. The second-order valence-corrected chi connectivity index (χ2v) is 8.15. The van der Waals surface area contributed by atoms with E-state index in [1.54, 1.807) is 10.9 Å². The molecule has 2 aromatic rings. The molecule has 7 atom stereocenters. The number of hydrogen-bond donors (Lipinski definition) is 3. The van der Waals surface area contributed by atoms with Crippen molar-refractivity contribution < 1.29 is 19.7 Å². The van der Waals surface area contributed by atoms with Gasteiger partial charge in [0.1, 0.15) is 31.2 Å². The number of aliphatic hydroxyl groups excluding tert-OH is 2. The maximum Gasteiger partial charge on any atom is 0.167 e. The van der Waals surface area contributed by atoms with Crippen LogP contribution in [0.15, 0.2) is 12.7 Å². The molecule has 3 fully saturated rings. The molecule has 3 N–H and O–H groups in total. The third-order valence-electron chi connectivity index (χ3n) is 6.55. The van der Waals surface area contributed by atoms with Crippen LogP contribution < -0.4 is 5.32 Å². The van der Waals surface area contributed by atoms with Crippen LogP contribution in [-0.4, -0.2) is 67.3 Å². The summed E-state index contributed by atoms with van der Waals surface area (Å²) in [5.41, 5.74) is 1.18. The van der Waals surface area contributed by atoms with Gasteiger partial charge in [-0.15, -0.1) is 6.42 Å². The van der Waals surface area contributed by atoms with E-state index in [0.29, 0.717) is 23.0 Å². The maximum atomic E-state index is 10.5. The zero-order valence-electron chi connectivity index (χ0n) is 16.0.